The summed E-state index contributed by atoms with van der Waals surface area (Å²) in [6, 6.07) is 7.68. The Kier molecular flexibility index (Phi) is 3.81. The predicted octanol–water partition coefficient (Wildman–Crippen LogP) is 3.66. The number of thiazole rings is 1. The van der Waals surface area contributed by atoms with Crippen molar-refractivity contribution >= 4 is 50.6 Å². The molecule has 0 aliphatic carbocycles. The van der Waals surface area contributed by atoms with E-state index in [9.17, 15) is 9.59 Å². The quantitative estimate of drug-likeness (QED) is 0.443. The Balaban J connectivity index is 1.98. The van der Waals surface area contributed by atoms with E-state index in [1.807, 2.05) is 30.5 Å². The van der Waals surface area contributed by atoms with E-state index in [2.05, 4.69) is 10.3 Å². The van der Waals surface area contributed by atoms with Crippen molar-refractivity contribution in [2.24, 2.45) is 0 Å². The number of aromatic nitrogens is 1. The summed E-state index contributed by atoms with van der Waals surface area (Å²) in [4.78, 5) is 28.2. The Morgan fingerprint density at radius 2 is 2.29 bits per heavy atom. The Morgan fingerprint density at radius 3 is 3.00 bits per heavy atom. The highest BCUT2D eigenvalue weighted by Gasteiger charge is 2.14. The molecular formula is C15H12N2O2S2. The molecule has 0 bridgehead atoms. The van der Waals surface area contributed by atoms with Gasteiger partial charge in [-0.05, 0) is 30.5 Å². The minimum atomic E-state index is -0.511. The van der Waals surface area contributed by atoms with Gasteiger partial charge in [0.25, 0.3) is 0 Å². The lowest BCUT2D eigenvalue weighted by Gasteiger charge is -2.07. The molecule has 0 unspecified atom stereocenters. The molecule has 6 heteroatoms. The smallest absolute Gasteiger partial charge is 0.226 e. The summed E-state index contributed by atoms with van der Waals surface area (Å²) in [6.45, 7) is 2.57. The Hall–Kier alpha value is -2.05. The van der Waals surface area contributed by atoms with Crippen LogP contribution < -0.4 is 5.32 Å². The van der Waals surface area contributed by atoms with Gasteiger partial charge in [-0.2, -0.15) is 0 Å². The van der Waals surface area contributed by atoms with Gasteiger partial charge in [0.1, 0.15) is 0 Å². The molecule has 0 fully saturated rings. The van der Waals surface area contributed by atoms with Crippen molar-refractivity contribution in [1.29, 1.82) is 0 Å². The van der Waals surface area contributed by atoms with Crippen molar-refractivity contribution in [2.45, 2.75) is 13.5 Å². The lowest BCUT2D eigenvalue weighted by Crippen LogP contribution is -2.03. The molecule has 4 nitrogen and oxygen atoms in total. The first kappa shape index (κ1) is 13.9. The van der Waals surface area contributed by atoms with Gasteiger partial charge >= 0.3 is 0 Å². The van der Waals surface area contributed by atoms with Gasteiger partial charge in [-0.15, -0.1) is 22.7 Å². The number of ketones is 1. The van der Waals surface area contributed by atoms with E-state index in [4.69, 9.17) is 0 Å². The van der Waals surface area contributed by atoms with Crippen LogP contribution in [0.5, 0.6) is 0 Å². The summed E-state index contributed by atoms with van der Waals surface area (Å²) in [6.07, 6.45) is 0.354. The van der Waals surface area contributed by atoms with Crippen LogP contribution in [0.4, 0.5) is 5.69 Å². The number of nitrogens with zero attached hydrogens (tertiary/aromatic N) is 1. The van der Waals surface area contributed by atoms with Crippen LogP contribution in [0.2, 0.25) is 0 Å². The van der Waals surface area contributed by atoms with E-state index in [0.717, 1.165) is 20.9 Å². The number of Topliss-reactive ketones (excluding diaryl/α,β-unsaturated/α-hetero) is 1. The van der Waals surface area contributed by atoms with E-state index in [1.54, 1.807) is 17.4 Å². The van der Waals surface area contributed by atoms with Crippen LogP contribution in [0.3, 0.4) is 0 Å². The van der Waals surface area contributed by atoms with Gasteiger partial charge in [-0.1, -0.05) is 6.07 Å². The molecule has 2 heterocycles. The Labute approximate surface area is 129 Å². The third-order valence-corrected chi connectivity index (χ3v) is 4.91. The zero-order chi connectivity index (χ0) is 14.8. The van der Waals surface area contributed by atoms with Gasteiger partial charge in [0, 0.05) is 22.7 Å². The summed E-state index contributed by atoms with van der Waals surface area (Å²) in [5.74, 6) is -0.511. The number of fused-ring (bicyclic) bond motifs is 1. The molecule has 106 valence electrons. The van der Waals surface area contributed by atoms with Crippen molar-refractivity contribution in [1.82, 2.24) is 4.98 Å². The number of thiophene rings is 1. The molecular weight excluding hydrogens is 304 g/mol. The maximum absolute atomic E-state index is 11.8. The van der Waals surface area contributed by atoms with Crippen molar-refractivity contribution in [3.8, 4) is 0 Å². The normalized spacial score (nSPS) is 10.7. The number of nitrogens with one attached hydrogen (secondary N) is 1. The maximum Gasteiger partial charge on any atom is 0.226 e. The van der Waals surface area contributed by atoms with Crippen molar-refractivity contribution in [3.63, 3.8) is 0 Å². The number of aldehydes is 1. The number of carbonyl (C=O) groups excluding carboxylic acids is 2. The summed E-state index contributed by atoms with van der Waals surface area (Å²) in [5, 5.41) is 6.17. The zero-order valence-electron chi connectivity index (χ0n) is 11.3. The molecule has 0 saturated heterocycles. The standard InChI is InChI=1S/C15H12N2O2S2/c1-9-17-13-6-10(16-7-11-3-2-4-20-11)5-12(14(19)8-18)15(13)21-9/h2-6,8,16H,7H2,1H3. The van der Waals surface area contributed by atoms with Gasteiger partial charge < -0.3 is 5.32 Å². The minimum absolute atomic E-state index is 0.354. The molecule has 3 aromatic rings. The van der Waals surface area contributed by atoms with Crippen molar-refractivity contribution in [2.75, 3.05) is 5.32 Å². The predicted molar refractivity (Wildman–Crippen MR) is 86.4 cm³/mol. The first-order valence-electron chi connectivity index (χ1n) is 6.34. The highest BCUT2D eigenvalue weighted by atomic mass is 32.1. The Morgan fingerprint density at radius 1 is 1.43 bits per heavy atom. The molecule has 0 amide bonds. The van der Waals surface area contributed by atoms with Crippen LogP contribution in [-0.2, 0) is 11.3 Å². The van der Waals surface area contributed by atoms with Gasteiger partial charge in [0.2, 0.25) is 5.78 Å². The average molecular weight is 316 g/mol. The Bertz CT molecular complexity index is 807. The molecule has 0 radical (unpaired) electrons. The number of hydrogen-bond donors (Lipinski definition) is 1. The fourth-order valence-corrected chi connectivity index (χ4v) is 3.66. The molecule has 0 aliphatic rings. The van der Waals surface area contributed by atoms with Gasteiger partial charge in [0.05, 0.1) is 15.2 Å². The monoisotopic (exact) mass is 316 g/mol. The van der Waals surface area contributed by atoms with E-state index in [0.29, 0.717) is 18.4 Å². The number of hydrogen-bond acceptors (Lipinski definition) is 6. The number of rotatable bonds is 5. The first-order valence-corrected chi connectivity index (χ1v) is 8.04. The second kappa shape index (κ2) is 5.75. The zero-order valence-corrected chi connectivity index (χ0v) is 12.9. The van der Waals surface area contributed by atoms with Crippen LogP contribution in [0.25, 0.3) is 10.2 Å². The molecule has 0 saturated carbocycles. The fourth-order valence-electron chi connectivity index (χ4n) is 2.09. The molecule has 2 aromatic heterocycles. The van der Waals surface area contributed by atoms with E-state index in [-0.39, 0.29) is 0 Å². The van der Waals surface area contributed by atoms with Crippen LogP contribution in [0, 0.1) is 6.92 Å². The second-order valence-electron chi connectivity index (χ2n) is 4.52. The van der Waals surface area contributed by atoms with Gasteiger partial charge in [-0.3, -0.25) is 9.59 Å². The molecule has 0 aliphatic heterocycles. The van der Waals surface area contributed by atoms with Gasteiger partial charge in [-0.25, -0.2) is 4.98 Å². The lowest BCUT2D eigenvalue weighted by atomic mass is 10.1. The summed E-state index contributed by atoms with van der Waals surface area (Å²) in [5.41, 5.74) is 1.96. The molecule has 3 rings (SSSR count). The van der Waals surface area contributed by atoms with Gasteiger partial charge in [0.15, 0.2) is 6.29 Å². The van der Waals surface area contributed by atoms with Crippen molar-refractivity contribution in [3.05, 3.63) is 45.1 Å². The topological polar surface area (TPSA) is 59.1 Å². The fraction of sp³-hybridized carbons (Fsp3) is 0.133. The molecule has 0 spiro atoms. The highest BCUT2D eigenvalue weighted by Crippen LogP contribution is 2.29. The summed E-state index contributed by atoms with van der Waals surface area (Å²) in [7, 11) is 0. The SMILES string of the molecule is Cc1nc2cc(NCc3cccs3)cc(C(=O)C=O)c2s1. The van der Waals surface area contributed by atoms with E-state index in [1.165, 1.54) is 16.2 Å². The number of anilines is 1. The third kappa shape index (κ3) is 2.86. The third-order valence-electron chi connectivity index (χ3n) is 3.02. The summed E-state index contributed by atoms with van der Waals surface area (Å²) < 4.78 is 0.770. The second-order valence-corrected chi connectivity index (χ2v) is 6.76. The van der Waals surface area contributed by atoms with Crippen LogP contribution in [0.1, 0.15) is 20.2 Å². The van der Waals surface area contributed by atoms with Crippen molar-refractivity contribution < 1.29 is 9.59 Å². The number of benzene rings is 1. The maximum atomic E-state index is 11.8. The highest BCUT2D eigenvalue weighted by molar-refractivity contribution is 7.19. The molecule has 21 heavy (non-hydrogen) atoms. The summed E-state index contributed by atoms with van der Waals surface area (Å²) >= 11 is 3.10. The first-order chi connectivity index (χ1) is 10.2. The van der Waals surface area contributed by atoms with Crippen LogP contribution in [-0.4, -0.2) is 17.1 Å². The minimum Gasteiger partial charge on any atom is -0.380 e. The lowest BCUT2D eigenvalue weighted by molar-refractivity contribution is -0.104. The van der Waals surface area contributed by atoms with Crippen LogP contribution >= 0.6 is 22.7 Å². The molecule has 0 atom stereocenters. The largest absolute Gasteiger partial charge is 0.380 e. The molecule has 1 aromatic carbocycles. The number of carbonyl (C=O) groups is 2. The number of aryl methyl sites for hydroxylation is 1. The van der Waals surface area contributed by atoms with E-state index >= 15 is 0 Å². The van der Waals surface area contributed by atoms with E-state index < -0.39 is 5.78 Å². The van der Waals surface area contributed by atoms with Crippen LogP contribution in [0.15, 0.2) is 29.6 Å². The average Bonchev–Trinajstić information content (AvgIpc) is 3.11. The molecule has 1 N–H and O–H groups in total.